The molecule has 0 bridgehead atoms. The number of hydrogen-bond donors (Lipinski definition) is 1. The zero-order valence-corrected chi connectivity index (χ0v) is 8.55. The molecule has 0 unspecified atom stereocenters. The lowest BCUT2D eigenvalue weighted by Gasteiger charge is -2.03. The third kappa shape index (κ3) is 4.56. The second kappa shape index (κ2) is 5.46. The van der Waals surface area contributed by atoms with Crippen molar-refractivity contribution < 1.29 is 14.0 Å². The first-order chi connectivity index (χ1) is 7.08. The normalized spacial score (nSPS) is 9.73. The highest BCUT2D eigenvalue weighted by Gasteiger charge is 2.05. The Hall–Kier alpha value is -1.42. The quantitative estimate of drug-likeness (QED) is 0.806. The Kier molecular flexibility index (Phi) is 4.24. The number of halogens is 2. The molecule has 0 radical (unpaired) electrons. The highest BCUT2D eigenvalue weighted by atomic mass is 35.5. The summed E-state index contributed by atoms with van der Waals surface area (Å²) in [7, 11) is 0. The lowest BCUT2D eigenvalue weighted by Crippen LogP contribution is -2.12. The van der Waals surface area contributed by atoms with Crippen molar-refractivity contribution in [2.75, 3.05) is 5.32 Å². The van der Waals surface area contributed by atoms with E-state index in [-0.39, 0.29) is 18.7 Å². The fourth-order valence-electron chi connectivity index (χ4n) is 1.00. The van der Waals surface area contributed by atoms with Crippen molar-refractivity contribution in [3.05, 3.63) is 30.1 Å². The molecule has 0 aliphatic heterocycles. The maximum atomic E-state index is 12.7. The number of carbonyl (C=O) groups is 2. The topological polar surface area (TPSA) is 46.2 Å². The van der Waals surface area contributed by atoms with Gasteiger partial charge in [-0.25, -0.2) is 4.39 Å². The molecule has 15 heavy (non-hydrogen) atoms. The van der Waals surface area contributed by atoms with Gasteiger partial charge in [0.25, 0.3) is 0 Å². The molecule has 1 rings (SSSR count). The first kappa shape index (κ1) is 11.7. The number of anilines is 1. The molecule has 3 nitrogen and oxygen atoms in total. The SMILES string of the molecule is O=C(Cl)CCC(=O)Nc1cccc(F)c1. The number of rotatable bonds is 4. The Morgan fingerprint density at radius 1 is 1.33 bits per heavy atom. The predicted molar refractivity (Wildman–Crippen MR) is 55.1 cm³/mol. The van der Waals surface area contributed by atoms with Gasteiger partial charge in [0.05, 0.1) is 0 Å². The van der Waals surface area contributed by atoms with Gasteiger partial charge >= 0.3 is 0 Å². The largest absolute Gasteiger partial charge is 0.326 e. The van der Waals surface area contributed by atoms with Crippen LogP contribution in [0.4, 0.5) is 10.1 Å². The summed E-state index contributed by atoms with van der Waals surface area (Å²) in [5, 5.41) is 1.88. The Balaban J connectivity index is 2.48. The van der Waals surface area contributed by atoms with E-state index in [0.29, 0.717) is 5.69 Å². The van der Waals surface area contributed by atoms with Crippen LogP contribution in [0, 0.1) is 5.82 Å². The maximum absolute atomic E-state index is 12.7. The molecule has 0 aliphatic carbocycles. The molecule has 0 atom stereocenters. The van der Waals surface area contributed by atoms with Crippen molar-refractivity contribution >= 4 is 28.4 Å². The van der Waals surface area contributed by atoms with Gasteiger partial charge in [0, 0.05) is 18.5 Å². The molecule has 1 aromatic rings. The lowest BCUT2D eigenvalue weighted by molar-refractivity contribution is -0.119. The van der Waals surface area contributed by atoms with Gasteiger partial charge in [-0.1, -0.05) is 6.07 Å². The highest BCUT2D eigenvalue weighted by Crippen LogP contribution is 2.09. The maximum Gasteiger partial charge on any atom is 0.224 e. The van der Waals surface area contributed by atoms with Crippen molar-refractivity contribution in [2.45, 2.75) is 12.8 Å². The van der Waals surface area contributed by atoms with E-state index in [1.54, 1.807) is 6.07 Å². The molecular weight excluding hydrogens is 221 g/mol. The number of carbonyl (C=O) groups excluding carboxylic acids is 2. The number of benzene rings is 1. The van der Waals surface area contributed by atoms with E-state index < -0.39 is 11.1 Å². The average molecular weight is 230 g/mol. The van der Waals surface area contributed by atoms with Crippen LogP contribution >= 0.6 is 11.6 Å². The molecule has 0 heterocycles. The van der Waals surface area contributed by atoms with Gasteiger partial charge < -0.3 is 5.32 Å². The Labute approximate surface area is 91.2 Å². The first-order valence-corrected chi connectivity index (χ1v) is 4.69. The summed E-state index contributed by atoms with van der Waals surface area (Å²) in [5.41, 5.74) is 0.363. The van der Waals surface area contributed by atoms with Crippen LogP contribution in [-0.2, 0) is 9.59 Å². The average Bonchev–Trinajstić information content (AvgIpc) is 2.15. The van der Waals surface area contributed by atoms with Gasteiger partial charge in [-0.3, -0.25) is 9.59 Å². The number of nitrogens with one attached hydrogen (secondary N) is 1. The van der Waals surface area contributed by atoms with Crippen LogP contribution in [0.15, 0.2) is 24.3 Å². The molecule has 0 saturated carbocycles. The van der Waals surface area contributed by atoms with E-state index >= 15 is 0 Å². The minimum Gasteiger partial charge on any atom is -0.326 e. The molecular formula is C10H9ClFNO2. The van der Waals surface area contributed by atoms with Gasteiger partial charge in [-0.05, 0) is 29.8 Å². The van der Waals surface area contributed by atoms with Crippen molar-refractivity contribution in [1.29, 1.82) is 0 Å². The molecule has 0 aliphatic rings. The molecule has 5 heteroatoms. The molecule has 80 valence electrons. The van der Waals surface area contributed by atoms with Gasteiger partial charge in [-0.2, -0.15) is 0 Å². The zero-order chi connectivity index (χ0) is 11.3. The van der Waals surface area contributed by atoms with Crippen molar-refractivity contribution in [3.8, 4) is 0 Å². The smallest absolute Gasteiger partial charge is 0.224 e. The van der Waals surface area contributed by atoms with E-state index in [2.05, 4.69) is 5.32 Å². The molecule has 0 saturated heterocycles. The minimum atomic E-state index is -0.565. The summed E-state index contributed by atoms with van der Waals surface area (Å²) in [6.45, 7) is 0. The Morgan fingerprint density at radius 3 is 2.67 bits per heavy atom. The van der Waals surface area contributed by atoms with Crippen molar-refractivity contribution in [3.63, 3.8) is 0 Å². The fraction of sp³-hybridized carbons (Fsp3) is 0.200. The van der Waals surface area contributed by atoms with E-state index in [1.807, 2.05) is 0 Å². The third-order valence-electron chi connectivity index (χ3n) is 1.66. The lowest BCUT2D eigenvalue weighted by atomic mass is 10.2. The summed E-state index contributed by atoms with van der Waals surface area (Å²) < 4.78 is 12.7. The van der Waals surface area contributed by atoms with E-state index in [0.717, 1.165) is 0 Å². The minimum absolute atomic E-state index is 0.00114. The highest BCUT2D eigenvalue weighted by molar-refractivity contribution is 6.63. The Bertz CT molecular complexity index is 381. The summed E-state index contributed by atoms with van der Waals surface area (Å²) in [5.74, 6) is -0.796. The number of amides is 1. The van der Waals surface area contributed by atoms with Crippen LogP contribution < -0.4 is 5.32 Å². The van der Waals surface area contributed by atoms with Crippen LogP contribution in [0.5, 0.6) is 0 Å². The van der Waals surface area contributed by atoms with Crippen molar-refractivity contribution in [2.24, 2.45) is 0 Å². The summed E-state index contributed by atoms with van der Waals surface area (Å²) in [6, 6.07) is 5.51. The van der Waals surface area contributed by atoms with Crippen LogP contribution in [0.3, 0.4) is 0 Å². The molecule has 0 aromatic heterocycles. The van der Waals surface area contributed by atoms with Gasteiger partial charge in [0.15, 0.2) is 0 Å². The molecule has 1 N–H and O–H groups in total. The predicted octanol–water partition coefficient (Wildman–Crippen LogP) is 2.31. The van der Waals surface area contributed by atoms with Gasteiger partial charge in [0.1, 0.15) is 5.82 Å². The summed E-state index contributed by atoms with van der Waals surface area (Å²) >= 11 is 5.07. The Morgan fingerprint density at radius 2 is 2.07 bits per heavy atom. The molecule has 0 spiro atoms. The van der Waals surface area contributed by atoms with Crippen LogP contribution in [0.2, 0.25) is 0 Å². The number of hydrogen-bond acceptors (Lipinski definition) is 2. The van der Waals surface area contributed by atoms with E-state index in [1.165, 1.54) is 18.2 Å². The molecule has 1 amide bonds. The van der Waals surface area contributed by atoms with Crippen LogP contribution in [0.25, 0.3) is 0 Å². The van der Waals surface area contributed by atoms with E-state index in [4.69, 9.17) is 11.6 Å². The first-order valence-electron chi connectivity index (χ1n) is 4.31. The fourth-order valence-corrected chi connectivity index (χ4v) is 1.10. The van der Waals surface area contributed by atoms with E-state index in [9.17, 15) is 14.0 Å². The van der Waals surface area contributed by atoms with Crippen molar-refractivity contribution in [1.82, 2.24) is 0 Å². The van der Waals surface area contributed by atoms with Crippen LogP contribution in [0.1, 0.15) is 12.8 Å². The molecule has 1 aromatic carbocycles. The van der Waals surface area contributed by atoms with Gasteiger partial charge in [-0.15, -0.1) is 0 Å². The zero-order valence-electron chi connectivity index (χ0n) is 7.80. The monoisotopic (exact) mass is 229 g/mol. The van der Waals surface area contributed by atoms with Crippen LogP contribution in [-0.4, -0.2) is 11.1 Å². The van der Waals surface area contributed by atoms with Gasteiger partial charge in [0.2, 0.25) is 11.1 Å². The standard InChI is InChI=1S/C10H9ClFNO2/c11-9(14)4-5-10(15)13-8-3-1-2-7(12)6-8/h1-3,6H,4-5H2,(H,13,15). The third-order valence-corrected chi connectivity index (χ3v) is 1.85. The second-order valence-electron chi connectivity index (χ2n) is 2.91. The molecule has 0 fully saturated rings. The summed E-state index contributed by atoms with van der Waals surface area (Å²) in [6.07, 6.45) is -0.0262. The summed E-state index contributed by atoms with van der Waals surface area (Å²) in [4.78, 5) is 21.6. The second-order valence-corrected chi connectivity index (χ2v) is 3.34.